The molecule has 1 heterocycles. The van der Waals surface area contributed by atoms with Crippen LogP contribution in [0.3, 0.4) is 0 Å². The van der Waals surface area contributed by atoms with Crippen LogP contribution in [0.25, 0.3) is 0 Å². The van der Waals surface area contributed by atoms with Crippen LogP contribution in [0.4, 0.5) is 0 Å². The maximum Gasteiger partial charge on any atom is 0.245 e. The molecule has 0 saturated heterocycles. The Morgan fingerprint density at radius 3 is 2.53 bits per heavy atom. The molecule has 4 nitrogen and oxygen atoms in total. The summed E-state index contributed by atoms with van der Waals surface area (Å²) in [5.74, 6) is 0. The Morgan fingerprint density at radius 1 is 1.47 bits per heavy atom. The van der Waals surface area contributed by atoms with Gasteiger partial charge in [-0.3, -0.25) is 0 Å². The van der Waals surface area contributed by atoms with Crippen LogP contribution in [0.2, 0.25) is 0 Å². The summed E-state index contributed by atoms with van der Waals surface area (Å²) in [6, 6.07) is 1.74. The molecule has 1 aromatic heterocycles. The minimum atomic E-state index is -3.47. The van der Waals surface area contributed by atoms with Gasteiger partial charge in [0.15, 0.2) is 0 Å². The minimum Gasteiger partial charge on any atom is -0.315 e. The molecular formula is C12H21BrN2O2S2. The van der Waals surface area contributed by atoms with Crippen molar-refractivity contribution in [3.63, 3.8) is 0 Å². The first kappa shape index (κ1) is 17.1. The van der Waals surface area contributed by atoms with E-state index in [-0.39, 0.29) is 0 Å². The van der Waals surface area contributed by atoms with E-state index in [0.29, 0.717) is 15.2 Å². The Morgan fingerprint density at radius 2 is 2.05 bits per heavy atom. The summed E-state index contributed by atoms with van der Waals surface area (Å²) in [5, 5.41) is 3.03. The SMILES string of the molecule is CCC(C)(C)N(C)S(=O)(=O)c1cc(CNC)sc1Br. The first-order valence-electron chi connectivity index (χ1n) is 6.08. The predicted octanol–water partition coefficient (Wildman–Crippen LogP) is 3.04. The van der Waals surface area contributed by atoms with Crippen molar-refractivity contribution in [3.8, 4) is 0 Å². The van der Waals surface area contributed by atoms with Gasteiger partial charge in [-0.15, -0.1) is 11.3 Å². The maximum atomic E-state index is 12.7. The number of hydrogen-bond acceptors (Lipinski definition) is 4. The van der Waals surface area contributed by atoms with Gasteiger partial charge in [0.25, 0.3) is 0 Å². The average molecular weight is 369 g/mol. The average Bonchev–Trinajstić information content (AvgIpc) is 2.70. The zero-order valence-electron chi connectivity index (χ0n) is 11.9. The molecule has 7 heteroatoms. The van der Waals surface area contributed by atoms with E-state index >= 15 is 0 Å². The summed E-state index contributed by atoms with van der Waals surface area (Å²) in [4.78, 5) is 1.35. The van der Waals surface area contributed by atoms with Gasteiger partial charge in [0.05, 0.1) is 3.79 Å². The topological polar surface area (TPSA) is 49.4 Å². The molecule has 19 heavy (non-hydrogen) atoms. The zero-order valence-corrected chi connectivity index (χ0v) is 15.2. The van der Waals surface area contributed by atoms with E-state index in [1.54, 1.807) is 13.1 Å². The molecule has 0 aromatic carbocycles. The van der Waals surface area contributed by atoms with Gasteiger partial charge in [0.2, 0.25) is 10.0 Å². The molecule has 0 atom stereocenters. The summed E-state index contributed by atoms with van der Waals surface area (Å²) >= 11 is 4.81. The van der Waals surface area contributed by atoms with Gasteiger partial charge in [-0.1, -0.05) is 6.92 Å². The Kier molecular flexibility index (Phi) is 5.60. The number of thiophene rings is 1. The number of nitrogens with one attached hydrogen (secondary N) is 1. The van der Waals surface area contributed by atoms with Crippen LogP contribution in [0.15, 0.2) is 14.7 Å². The molecule has 0 unspecified atom stereocenters. The second kappa shape index (κ2) is 6.22. The number of sulfonamides is 1. The highest BCUT2D eigenvalue weighted by Gasteiger charge is 2.34. The molecule has 0 fully saturated rings. The van der Waals surface area contributed by atoms with E-state index in [4.69, 9.17) is 0 Å². The van der Waals surface area contributed by atoms with Gasteiger partial charge in [0.1, 0.15) is 4.90 Å². The van der Waals surface area contributed by atoms with Crippen LogP contribution >= 0.6 is 27.3 Å². The van der Waals surface area contributed by atoms with Crippen molar-refractivity contribution in [1.82, 2.24) is 9.62 Å². The second-order valence-electron chi connectivity index (χ2n) is 5.02. The molecule has 0 spiro atoms. The minimum absolute atomic E-state index is 0.353. The van der Waals surface area contributed by atoms with E-state index < -0.39 is 15.6 Å². The van der Waals surface area contributed by atoms with Gasteiger partial charge in [-0.2, -0.15) is 4.31 Å². The fourth-order valence-electron chi connectivity index (χ4n) is 1.53. The van der Waals surface area contributed by atoms with Crippen LogP contribution in [0.5, 0.6) is 0 Å². The van der Waals surface area contributed by atoms with Gasteiger partial charge in [-0.25, -0.2) is 8.42 Å². The first-order valence-corrected chi connectivity index (χ1v) is 9.13. The lowest BCUT2D eigenvalue weighted by Crippen LogP contribution is -2.44. The second-order valence-corrected chi connectivity index (χ2v) is 9.41. The van der Waals surface area contributed by atoms with Crippen molar-refractivity contribution >= 4 is 37.3 Å². The Labute approximate surface area is 128 Å². The number of halogens is 1. The third-order valence-electron chi connectivity index (χ3n) is 3.41. The Balaban J connectivity index is 3.20. The van der Waals surface area contributed by atoms with E-state index in [1.807, 2.05) is 27.8 Å². The monoisotopic (exact) mass is 368 g/mol. The molecule has 1 aromatic rings. The highest BCUT2D eigenvalue weighted by molar-refractivity contribution is 9.11. The fraction of sp³-hybridized carbons (Fsp3) is 0.667. The summed E-state index contributed by atoms with van der Waals surface area (Å²) < 4.78 is 27.4. The molecule has 0 radical (unpaired) electrons. The van der Waals surface area contributed by atoms with Gasteiger partial charge >= 0.3 is 0 Å². The van der Waals surface area contributed by atoms with Crippen molar-refractivity contribution in [2.24, 2.45) is 0 Å². The molecule has 0 amide bonds. The molecule has 1 N–H and O–H groups in total. The van der Waals surface area contributed by atoms with Crippen molar-refractivity contribution in [2.75, 3.05) is 14.1 Å². The number of hydrogen-bond donors (Lipinski definition) is 1. The van der Waals surface area contributed by atoms with Gasteiger partial charge in [0, 0.05) is 24.0 Å². The Bertz CT molecular complexity index is 538. The zero-order chi connectivity index (χ0) is 14.8. The van der Waals surface area contributed by atoms with Crippen LogP contribution in [0, 0.1) is 0 Å². The molecule has 0 aliphatic heterocycles. The van der Waals surface area contributed by atoms with Crippen LogP contribution in [-0.4, -0.2) is 32.4 Å². The third kappa shape index (κ3) is 3.58. The van der Waals surface area contributed by atoms with Crippen molar-refractivity contribution in [3.05, 3.63) is 14.7 Å². The molecule has 1 rings (SSSR count). The molecule has 110 valence electrons. The molecule has 0 saturated carbocycles. The van der Waals surface area contributed by atoms with Crippen molar-refractivity contribution in [1.29, 1.82) is 0 Å². The predicted molar refractivity (Wildman–Crippen MR) is 84.1 cm³/mol. The normalized spacial score (nSPS) is 13.2. The van der Waals surface area contributed by atoms with E-state index in [1.165, 1.54) is 15.6 Å². The molecule has 0 aliphatic rings. The summed E-state index contributed by atoms with van der Waals surface area (Å²) in [6.07, 6.45) is 0.758. The maximum absolute atomic E-state index is 12.7. The largest absolute Gasteiger partial charge is 0.315 e. The van der Waals surface area contributed by atoms with Gasteiger partial charge in [-0.05, 0) is 49.3 Å². The van der Waals surface area contributed by atoms with Gasteiger partial charge < -0.3 is 5.32 Å². The lowest BCUT2D eigenvalue weighted by atomic mass is 10.0. The third-order valence-corrected chi connectivity index (χ3v) is 7.73. The highest BCUT2D eigenvalue weighted by Crippen LogP contribution is 2.35. The lowest BCUT2D eigenvalue weighted by Gasteiger charge is -2.33. The van der Waals surface area contributed by atoms with Crippen LogP contribution in [0.1, 0.15) is 32.1 Å². The molecule has 0 aliphatic carbocycles. The smallest absolute Gasteiger partial charge is 0.245 e. The lowest BCUT2D eigenvalue weighted by molar-refractivity contribution is 0.257. The van der Waals surface area contributed by atoms with E-state index in [0.717, 1.165) is 11.3 Å². The Hall–Kier alpha value is 0.0500. The first-order chi connectivity index (χ1) is 8.66. The van der Waals surface area contributed by atoms with E-state index in [9.17, 15) is 8.42 Å². The van der Waals surface area contributed by atoms with Crippen LogP contribution < -0.4 is 5.32 Å². The number of nitrogens with zero attached hydrogens (tertiary/aromatic N) is 1. The molecular weight excluding hydrogens is 348 g/mol. The van der Waals surface area contributed by atoms with E-state index in [2.05, 4.69) is 21.2 Å². The molecule has 0 bridgehead atoms. The summed E-state index contributed by atoms with van der Waals surface area (Å²) in [6.45, 7) is 6.51. The van der Waals surface area contributed by atoms with Crippen molar-refractivity contribution in [2.45, 2.75) is 44.2 Å². The fourth-order valence-corrected chi connectivity index (χ4v) is 5.75. The summed E-state index contributed by atoms with van der Waals surface area (Å²) in [7, 11) is 0.0131. The highest BCUT2D eigenvalue weighted by atomic mass is 79.9. The van der Waals surface area contributed by atoms with Crippen molar-refractivity contribution < 1.29 is 8.42 Å². The van der Waals surface area contributed by atoms with Crippen LogP contribution in [-0.2, 0) is 16.6 Å². The summed E-state index contributed by atoms with van der Waals surface area (Å²) in [5.41, 5.74) is -0.399. The number of rotatable bonds is 6. The standard InChI is InChI=1S/C12H21BrN2O2S2/c1-6-12(2,3)15(5)19(16,17)10-7-9(8-14-4)18-11(10)13/h7,14H,6,8H2,1-5H3. The quantitative estimate of drug-likeness (QED) is 0.839.